The Balaban J connectivity index is 0.000000155. The SMILES string of the molecule is N#Cc1cc(F)cc2c1CCC(F)C2F.N/C=C1/c2cccc3c2C(ON1N)C(F)(F)C3. The molecule has 0 spiro atoms. The summed E-state index contributed by atoms with van der Waals surface area (Å²) in [5.74, 6) is 1.92. The monoisotopic (exact) mass is 450 g/mol. The average molecular weight is 450 g/mol. The Kier molecular flexibility index (Phi) is 5.56. The maximum Gasteiger partial charge on any atom is 0.284 e. The van der Waals surface area contributed by atoms with Crippen LogP contribution in [0.25, 0.3) is 5.70 Å². The standard InChI is InChI=1S/C11H8F3N.C11H11F2N3O/c12-7-3-6(5-15)8-1-2-10(13)11(14)9(8)4-7;12-11(13)4-6-2-1-3-7-8(5-14)16(15)17-10(11)9(6)7/h3-4,10-11H,1-2H2;1-3,5,10H,4,14-15H2/b;8-5-. The first-order valence-corrected chi connectivity index (χ1v) is 9.82. The van der Waals surface area contributed by atoms with Crippen LogP contribution >= 0.6 is 0 Å². The molecule has 3 aliphatic rings. The minimum absolute atomic E-state index is 0.00898. The van der Waals surface area contributed by atoms with Crippen molar-refractivity contribution >= 4 is 5.70 Å². The molecule has 0 bridgehead atoms. The highest BCUT2D eigenvalue weighted by atomic mass is 19.3. The lowest BCUT2D eigenvalue weighted by Crippen LogP contribution is -2.40. The number of nitrogens with zero attached hydrogens (tertiary/aromatic N) is 2. The molecular weight excluding hydrogens is 431 g/mol. The van der Waals surface area contributed by atoms with Crippen molar-refractivity contribution in [3.8, 4) is 6.07 Å². The van der Waals surface area contributed by atoms with Gasteiger partial charge < -0.3 is 5.73 Å². The number of benzene rings is 2. The number of hydrazine groups is 1. The quantitative estimate of drug-likeness (QED) is 0.462. The second-order valence-electron chi connectivity index (χ2n) is 7.77. The average Bonchev–Trinajstić information content (AvgIpc) is 3.02. The third-order valence-corrected chi connectivity index (χ3v) is 5.81. The van der Waals surface area contributed by atoms with E-state index >= 15 is 0 Å². The van der Waals surface area contributed by atoms with E-state index in [9.17, 15) is 22.0 Å². The van der Waals surface area contributed by atoms with Crippen LogP contribution in [0.2, 0.25) is 0 Å². The molecule has 0 saturated carbocycles. The first kappa shape index (κ1) is 22.0. The molecule has 32 heavy (non-hydrogen) atoms. The van der Waals surface area contributed by atoms with Crippen LogP contribution in [-0.4, -0.2) is 17.3 Å². The fourth-order valence-corrected chi connectivity index (χ4v) is 4.35. The second-order valence-corrected chi connectivity index (χ2v) is 7.77. The first-order chi connectivity index (χ1) is 15.2. The molecular formula is C22H19F5N4O. The topological polar surface area (TPSA) is 88.3 Å². The molecule has 1 heterocycles. The van der Waals surface area contributed by atoms with Gasteiger partial charge in [-0.25, -0.2) is 32.6 Å². The largest absolute Gasteiger partial charge is 0.403 e. The van der Waals surface area contributed by atoms with Gasteiger partial charge in [0.1, 0.15) is 17.7 Å². The molecule has 168 valence electrons. The summed E-state index contributed by atoms with van der Waals surface area (Å²) in [4.78, 5) is 5.05. The van der Waals surface area contributed by atoms with Crippen molar-refractivity contribution in [1.82, 2.24) is 5.17 Å². The number of hydroxylamine groups is 1. The van der Waals surface area contributed by atoms with Crippen molar-refractivity contribution < 1.29 is 26.8 Å². The van der Waals surface area contributed by atoms with Crippen molar-refractivity contribution in [2.75, 3.05) is 0 Å². The molecule has 3 atom stereocenters. The summed E-state index contributed by atoms with van der Waals surface area (Å²) in [6.45, 7) is 0. The number of hydrogen-bond acceptors (Lipinski definition) is 5. The van der Waals surface area contributed by atoms with Gasteiger partial charge in [-0.1, -0.05) is 18.2 Å². The van der Waals surface area contributed by atoms with E-state index < -0.39 is 30.2 Å². The summed E-state index contributed by atoms with van der Waals surface area (Å²) >= 11 is 0. The number of nitriles is 1. The normalized spacial score (nSPS) is 26.0. The Hall–Kier alpha value is -3.16. The molecule has 2 aromatic rings. The smallest absolute Gasteiger partial charge is 0.284 e. The number of hydrogen-bond donors (Lipinski definition) is 2. The van der Waals surface area contributed by atoms with Crippen molar-refractivity contribution in [2.24, 2.45) is 11.6 Å². The van der Waals surface area contributed by atoms with E-state index in [1.807, 2.05) is 0 Å². The maximum absolute atomic E-state index is 13.8. The highest BCUT2D eigenvalue weighted by Gasteiger charge is 2.53. The summed E-state index contributed by atoms with van der Waals surface area (Å²) in [6.07, 6.45) is -3.45. The number of rotatable bonds is 0. The molecule has 3 unspecified atom stereocenters. The lowest BCUT2D eigenvalue weighted by molar-refractivity contribution is -0.236. The predicted octanol–water partition coefficient (Wildman–Crippen LogP) is 4.29. The molecule has 0 radical (unpaired) electrons. The van der Waals surface area contributed by atoms with Crippen LogP contribution in [0.15, 0.2) is 36.5 Å². The van der Waals surface area contributed by atoms with E-state index in [2.05, 4.69) is 0 Å². The van der Waals surface area contributed by atoms with Gasteiger partial charge in [-0.3, -0.25) is 0 Å². The molecule has 5 nitrogen and oxygen atoms in total. The van der Waals surface area contributed by atoms with Crippen LogP contribution < -0.4 is 11.6 Å². The van der Waals surface area contributed by atoms with Gasteiger partial charge in [0, 0.05) is 23.7 Å². The summed E-state index contributed by atoms with van der Waals surface area (Å²) in [5.41, 5.74) is 8.08. The first-order valence-electron chi connectivity index (χ1n) is 9.82. The second kappa shape index (κ2) is 8.07. The molecule has 1 aliphatic heterocycles. The lowest BCUT2D eigenvalue weighted by Gasteiger charge is -2.33. The molecule has 2 aromatic carbocycles. The van der Waals surface area contributed by atoms with Gasteiger partial charge in [0.15, 0.2) is 12.3 Å². The van der Waals surface area contributed by atoms with Crippen LogP contribution in [0.1, 0.15) is 52.1 Å². The molecule has 5 rings (SSSR count). The Morgan fingerprint density at radius 2 is 2.00 bits per heavy atom. The Morgan fingerprint density at radius 1 is 1.25 bits per heavy atom. The highest BCUT2D eigenvalue weighted by molar-refractivity contribution is 5.69. The molecule has 10 heteroatoms. The number of fused-ring (bicyclic) bond motifs is 1. The zero-order valence-corrected chi connectivity index (χ0v) is 16.7. The van der Waals surface area contributed by atoms with Crippen molar-refractivity contribution in [3.05, 3.63) is 75.7 Å². The van der Waals surface area contributed by atoms with E-state index in [1.165, 1.54) is 6.20 Å². The van der Waals surface area contributed by atoms with Crippen molar-refractivity contribution in [2.45, 2.75) is 43.6 Å². The van der Waals surface area contributed by atoms with Crippen molar-refractivity contribution in [1.29, 1.82) is 5.26 Å². The van der Waals surface area contributed by atoms with Gasteiger partial charge in [-0.05, 0) is 41.7 Å². The molecule has 2 aliphatic carbocycles. The van der Waals surface area contributed by atoms with E-state index in [1.54, 1.807) is 24.3 Å². The van der Waals surface area contributed by atoms with Gasteiger partial charge in [0.2, 0.25) is 0 Å². The van der Waals surface area contributed by atoms with Crippen LogP contribution in [0.5, 0.6) is 0 Å². The summed E-state index contributed by atoms with van der Waals surface area (Å²) < 4.78 is 67.0. The number of halogens is 5. The summed E-state index contributed by atoms with van der Waals surface area (Å²) in [7, 11) is 0. The van der Waals surface area contributed by atoms with E-state index in [-0.39, 0.29) is 24.0 Å². The Morgan fingerprint density at radius 3 is 2.69 bits per heavy atom. The van der Waals surface area contributed by atoms with Gasteiger partial charge in [0.25, 0.3) is 5.92 Å². The minimum atomic E-state index is -2.93. The molecule has 0 saturated heterocycles. The van der Waals surface area contributed by atoms with Crippen LogP contribution in [0, 0.1) is 17.1 Å². The third-order valence-electron chi connectivity index (χ3n) is 5.81. The summed E-state index contributed by atoms with van der Waals surface area (Å²) in [6, 6.07) is 8.95. The van der Waals surface area contributed by atoms with Crippen molar-refractivity contribution in [3.63, 3.8) is 0 Å². The number of nitrogens with two attached hydrogens (primary N) is 2. The molecule has 0 fully saturated rings. The molecule has 0 aromatic heterocycles. The van der Waals surface area contributed by atoms with Crippen LogP contribution in [-0.2, 0) is 17.7 Å². The van der Waals surface area contributed by atoms with E-state index in [0.29, 0.717) is 34.4 Å². The molecule has 0 amide bonds. The molecule has 4 N–H and O–H groups in total. The predicted molar refractivity (Wildman–Crippen MR) is 105 cm³/mol. The van der Waals surface area contributed by atoms with Crippen LogP contribution in [0.4, 0.5) is 22.0 Å². The Bertz CT molecular complexity index is 1130. The maximum atomic E-state index is 13.8. The zero-order chi connectivity index (χ0) is 23.2. The van der Waals surface area contributed by atoms with E-state index in [4.69, 9.17) is 21.7 Å². The van der Waals surface area contributed by atoms with Gasteiger partial charge >= 0.3 is 0 Å². The fourth-order valence-electron chi connectivity index (χ4n) is 4.35. The highest BCUT2D eigenvalue weighted by Crippen LogP contribution is 2.51. The van der Waals surface area contributed by atoms with Gasteiger partial charge in [0.05, 0.1) is 11.6 Å². The van der Waals surface area contributed by atoms with E-state index in [0.717, 1.165) is 17.3 Å². The minimum Gasteiger partial charge on any atom is -0.403 e. The van der Waals surface area contributed by atoms with Crippen LogP contribution in [0.3, 0.4) is 0 Å². The lowest BCUT2D eigenvalue weighted by atomic mass is 9.86. The van der Waals surface area contributed by atoms with Gasteiger partial charge in [-0.15, -0.1) is 0 Å². The number of alkyl halides is 4. The Labute approximate surface area is 180 Å². The fraction of sp³-hybridized carbons (Fsp3) is 0.318. The third kappa shape index (κ3) is 3.57. The zero-order valence-electron chi connectivity index (χ0n) is 16.7. The summed E-state index contributed by atoms with van der Waals surface area (Å²) in [5, 5.41) is 9.55. The van der Waals surface area contributed by atoms with Gasteiger partial charge in [-0.2, -0.15) is 10.4 Å².